The van der Waals surface area contributed by atoms with Crippen molar-refractivity contribution >= 4 is 0 Å². The van der Waals surface area contributed by atoms with Crippen molar-refractivity contribution in [2.24, 2.45) is 0 Å². The number of nitrogens with one attached hydrogen (secondary N) is 1. The summed E-state index contributed by atoms with van der Waals surface area (Å²) in [6.45, 7) is 6.22. The van der Waals surface area contributed by atoms with Crippen LogP contribution in [0.5, 0.6) is 5.75 Å². The van der Waals surface area contributed by atoms with E-state index in [1.54, 1.807) is 0 Å². The SMILES string of the molecule is CC1(C)Oc2ccccc2C1NCCC1CCCO1. The van der Waals surface area contributed by atoms with E-state index >= 15 is 0 Å². The van der Waals surface area contributed by atoms with E-state index < -0.39 is 0 Å². The van der Waals surface area contributed by atoms with Crippen LogP contribution in [0.3, 0.4) is 0 Å². The van der Waals surface area contributed by atoms with Crippen molar-refractivity contribution in [3.05, 3.63) is 29.8 Å². The van der Waals surface area contributed by atoms with Crippen LogP contribution in [0.4, 0.5) is 0 Å². The maximum absolute atomic E-state index is 6.04. The minimum absolute atomic E-state index is 0.180. The van der Waals surface area contributed by atoms with Crippen molar-refractivity contribution in [3.8, 4) is 5.75 Å². The molecule has 0 amide bonds. The minimum atomic E-state index is -0.180. The van der Waals surface area contributed by atoms with E-state index in [2.05, 4.69) is 37.4 Å². The third kappa shape index (κ3) is 2.63. The van der Waals surface area contributed by atoms with Gasteiger partial charge in [0.15, 0.2) is 0 Å². The molecule has 3 rings (SSSR count). The summed E-state index contributed by atoms with van der Waals surface area (Å²) in [5, 5.41) is 3.65. The van der Waals surface area contributed by atoms with Crippen LogP contribution in [-0.2, 0) is 4.74 Å². The molecule has 2 aliphatic heterocycles. The monoisotopic (exact) mass is 261 g/mol. The van der Waals surface area contributed by atoms with Gasteiger partial charge >= 0.3 is 0 Å². The fourth-order valence-corrected chi connectivity index (χ4v) is 3.15. The molecule has 1 N–H and O–H groups in total. The summed E-state index contributed by atoms with van der Waals surface area (Å²) in [7, 11) is 0. The quantitative estimate of drug-likeness (QED) is 0.903. The average Bonchev–Trinajstić information content (AvgIpc) is 2.96. The molecule has 0 spiro atoms. The van der Waals surface area contributed by atoms with E-state index in [-0.39, 0.29) is 11.6 Å². The van der Waals surface area contributed by atoms with Crippen LogP contribution in [0.25, 0.3) is 0 Å². The molecular formula is C16H23NO2. The lowest BCUT2D eigenvalue weighted by Crippen LogP contribution is -2.40. The van der Waals surface area contributed by atoms with Gasteiger partial charge in [-0.1, -0.05) is 18.2 Å². The Morgan fingerprint density at radius 2 is 2.16 bits per heavy atom. The lowest BCUT2D eigenvalue weighted by molar-refractivity contribution is 0.0844. The molecule has 104 valence electrons. The zero-order valence-electron chi connectivity index (χ0n) is 11.8. The first-order valence-electron chi connectivity index (χ1n) is 7.30. The molecule has 1 fully saturated rings. The highest BCUT2D eigenvalue weighted by Gasteiger charge is 2.40. The molecule has 1 aromatic rings. The number of rotatable bonds is 4. The first-order chi connectivity index (χ1) is 9.17. The Kier molecular flexibility index (Phi) is 3.50. The average molecular weight is 261 g/mol. The molecule has 2 unspecified atom stereocenters. The van der Waals surface area contributed by atoms with Crippen molar-refractivity contribution in [1.29, 1.82) is 0 Å². The summed E-state index contributed by atoms with van der Waals surface area (Å²) < 4.78 is 11.7. The van der Waals surface area contributed by atoms with Crippen LogP contribution >= 0.6 is 0 Å². The van der Waals surface area contributed by atoms with E-state index in [0.717, 1.165) is 25.3 Å². The van der Waals surface area contributed by atoms with E-state index in [1.165, 1.54) is 18.4 Å². The van der Waals surface area contributed by atoms with Gasteiger partial charge < -0.3 is 14.8 Å². The second-order valence-corrected chi connectivity index (χ2v) is 6.05. The standard InChI is InChI=1S/C16H23NO2/c1-16(2)15(13-7-3-4-8-14(13)19-16)17-10-9-12-6-5-11-18-12/h3-4,7-8,12,15,17H,5-6,9-11H2,1-2H3. The summed E-state index contributed by atoms with van der Waals surface area (Å²) >= 11 is 0. The number of ether oxygens (including phenoxy) is 2. The summed E-state index contributed by atoms with van der Waals surface area (Å²) in [4.78, 5) is 0. The van der Waals surface area contributed by atoms with Gasteiger partial charge in [0.25, 0.3) is 0 Å². The molecule has 2 heterocycles. The highest BCUT2D eigenvalue weighted by atomic mass is 16.5. The van der Waals surface area contributed by atoms with E-state index in [1.807, 2.05) is 6.07 Å². The molecule has 0 aliphatic carbocycles. The Bertz CT molecular complexity index is 438. The predicted octanol–water partition coefficient (Wildman–Crippen LogP) is 3.06. The van der Waals surface area contributed by atoms with Gasteiger partial charge in [0.05, 0.1) is 12.1 Å². The topological polar surface area (TPSA) is 30.5 Å². The van der Waals surface area contributed by atoms with Crippen molar-refractivity contribution in [2.75, 3.05) is 13.2 Å². The lowest BCUT2D eigenvalue weighted by Gasteiger charge is -2.27. The normalized spacial score (nSPS) is 28.1. The second-order valence-electron chi connectivity index (χ2n) is 6.05. The van der Waals surface area contributed by atoms with Gasteiger partial charge in [-0.15, -0.1) is 0 Å². The van der Waals surface area contributed by atoms with Gasteiger partial charge in [-0.25, -0.2) is 0 Å². The van der Waals surface area contributed by atoms with Crippen molar-refractivity contribution in [2.45, 2.75) is 50.9 Å². The number of hydrogen-bond acceptors (Lipinski definition) is 3. The Morgan fingerprint density at radius 1 is 1.32 bits per heavy atom. The maximum atomic E-state index is 6.04. The maximum Gasteiger partial charge on any atom is 0.125 e. The summed E-state index contributed by atoms with van der Waals surface area (Å²) in [5.74, 6) is 1.02. The van der Waals surface area contributed by atoms with Gasteiger partial charge in [0, 0.05) is 12.2 Å². The number of hydrogen-bond donors (Lipinski definition) is 1. The van der Waals surface area contributed by atoms with Crippen LogP contribution in [0, 0.1) is 0 Å². The van der Waals surface area contributed by atoms with Gasteiger partial charge in [0.1, 0.15) is 11.4 Å². The first-order valence-corrected chi connectivity index (χ1v) is 7.30. The minimum Gasteiger partial charge on any atom is -0.486 e. The molecule has 19 heavy (non-hydrogen) atoms. The molecule has 1 saturated heterocycles. The zero-order chi connectivity index (χ0) is 13.3. The molecule has 3 heteroatoms. The largest absolute Gasteiger partial charge is 0.486 e. The van der Waals surface area contributed by atoms with Gasteiger partial charge in [0.2, 0.25) is 0 Å². The van der Waals surface area contributed by atoms with Gasteiger partial charge in [-0.2, -0.15) is 0 Å². The molecule has 1 aromatic carbocycles. The second kappa shape index (κ2) is 5.14. The third-order valence-corrected chi connectivity index (χ3v) is 4.14. The third-order valence-electron chi connectivity index (χ3n) is 4.14. The van der Waals surface area contributed by atoms with E-state index in [0.29, 0.717) is 6.10 Å². The zero-order valence-corrected chi connectivity index (χ0v) is 11.8. The van der Waals surface area contributed by atoms with E-state index in [9.17, 15) is 0 Å². The van der Waals surface area contributed by atoms with Crippen molar-refractivity contribution < 1.29 is 9.47 Å². The Hall–Kier alpha value is -1.06. The Labute approximate surface area is 115 Å². The number of benzene rings is 1. The smallest absolute Gasteiger partial charge is 0.125 e. The molecule has 2 atom stereocenters. The fraction of sp³-hybridized carbons (Fsp3) is 0.625. The van der Waals surface area contributed by atoms with Crippen LogP contribution in [0.15, 0.2) is 24.3 Å². The highest BCUT2D eigenvalue weighted by Crippen LogP contribution is 2.42. The van der Waals surface area contributed by atoms with Crippen LogP contribution < -0.4 is 10.1 Å². The van der Waals surface area contributed by atoms with Crippen LogP contribution in [-0.4, -0.2) is 24.9 Å². The summed E-state index contributed by atoms with van der Waals surface area (Å²) in [6.07, 6.45) is 3.97. The van der Waals surface area contributed by atoms with Crippen LogP contribution in [0.2, 0.25) is 0 Å². The molecule has 0 aromatic heterocycles. The molecule has 0 saturated carbocycles. The van der Waals surface area contributed by atoms with Gasteiger partial charge in [-0.3, -0.25) is 0 Å². The molecule has 0 radical (unpaired) electrons. The molecule has 0 bridgehead atoms. The van der Waals surface area contributed by atoms with Gasteiger partial charge in [-0.05, 0) is 45.7 Å². The highest BCUT2D eigenvalue weighted by molar-refractivity contribution is 5.42. The molecule has 3 nitrogen and oxygen atoms in total. The number of para-hydroxylation sites is 1. The first kappa shape index (κ1) is 12.9. The molecular weight excluding hydrogens is 238 g/mol. The summed E-state index contributed by atoms with van der Waals surface area (Å²) in [5.41, 5.74) is 1.10. The summed E-state index contributed by atoms with van der Waals surface area (Å²) in [6, 6.07) is 8.60. The fourth-order valence-electron chi connectivity index (χ4n) is 3.15. The molecule has 2 aliphatic rings. The Balaban J connectivity index is 1.62. The van der Waals surface area contributed by atoms with Crippen molar-refractivity contribution in [1.82, 2.24) is 5.32 Å². The van der Waals surface area contributed by atoms with Crippen LogP contribution in [0.1, 0.15) is 44.7 Å². The van der Waals surface area contributed by atoms with E-state index in [4.69, 9.17) is 9.47 Å². The Morgan fingerprint density at radius 3 is 2.95 bits per heavy atom. The predicted molar refractivity (Wildman–Crippen MR) is 75.5 cm³/mol. The number of fused-ring (bicyclic) bond motifs is 1. The van der Waals surface area contributed by atoms with Crippen molar-refractivity contribution in [3.63, 3.8) is 0 Å². The lowest BCUT2D eigenvalue weighted by atomic mass is 9.94.